The van der Waals surface area contributed by atoms with Crippen LogP contribution in [0.3, 0.4) is 0 Å². The lowest BCUT2D eigenvalue weighted by Gasteiger charge is -2.43. The lowest BCUT2D eigenvalue weighted by atomic mass is 9.93. The van der Waals surface area contributed by atoms with Crippen molar-refractivity contribution in [1.82, 2.24) is 9.80 Å². The summed E-state index contributed by atoms with van der Waals surface area (Å²) in [5.41, 5.74) is -0.315. The van der Waals surface area contributed by atoms with Crippen molar-refractivity contribution in [2.75, 3.05) is 26.2 Å². The normalized spacial score (nSPS) is 24.7. The third-order valence-corrected chi connectivity index (χ3v) is 5.32. The standard InChI is InChI=1S/C19H25ClN2O3/c1-14(2)22-10-4-3-9-19(18(22)24)13-21(11-12-25-19)17(23)15-5-7-16(20)8-6-15/h5-8,14H,3-4,9-13H2,1-2H3. The molecule has 0 bridgehead atoms. The number of hydrogen-bond donors (Lipinski definition) is 0. The van der Waals surface area contributed by atoms with Crippen molar-refractivity contribution >= 4 is 23.4 Å². The molecule has 0 saturated carbocycles. The van der Waals surface area contributed by atoms with Gasteiger partial charge in [0.2, 0.25) is 0 Å². The third kappa shape index (κ3) is 3.67. The fourth-order valence-electron chi connectivity index (χ4n) is 3.67. The van der Waals surface area contributed by atoms with Crippen LogP contribution >= 0.6 is 11.6 Å². The molecule has 1 aromatic rings. The zero-order chi connectivity index (χ0) is 18.0. The summed E-state index contributed by atoms with van der Waals surface area (Å²) in [7, 11) is 0. The van der Waals surface area contributed by atoms with E-state index in [0.29, 0.717) is 36.7 Å². The number of amides is 2. The maximum absolute atomic E-state index is 13.2. The lowest BCUT2D eigenvalue weighted by molar-refractivity contribution is -0.169. The number of likely N-dealkylation sites (tertiary alicyclic amines) is 1. The predicted octanol–water partition coefficient (Wildman–Crippen LogP) is 2.97. The number of nitrogens with zero attached hydrogens (tertiary/aromatic N) is 2. The van der Waals surface area contributed by atoms with Crippen molar-refractivity contribution in [3.63, 3.8) is 0 Å². The summed E-state index contributed by atoms with van der Waals surface area (Å²) in [6, 6.07) is 7.00. The average molecular weight is 365 g/mol. The summed E-state index contributed by atoms with van der Waals surface area (Å²) in [5, 5.41) is 0.599. The monoisotopic (exact) mass is 364 g/mol. The molecule has 1 unspecified atom stereocenters. The molecular formula is C19H25ClN2O3. The highest BCUT2D eigenvalue weighted by molar-refractivity contribution is 6.30. The number of morpholine rings is 1. The molecule has 6 heteroatoms. The minimum absolute atomic E-state index is 0.0219. The molecule has 1 spiro atoms. The molecule has 2 aliphatic heterocycles. The van der Waals surface area contributed by atoms with Crippen LogP contribution in [0.5, 0.6) is 0 Å². The van der Waals surface area contributed by atoms with E-state index in [2.05, 4.69) is 0 Å². The molecule has 2 aliphatic rings. The molecule has 5 nitrogen and oxygen atoms in total. The molecule has 3 rings (SSSR count). The minimum atomic E-state index is -0.902. The first kappa shape index (κ1) is 18.2. The van der Waals surface area contributed by atoms with Crippen molar-refractivity contribution < 1.29 is 14.3 Å². The Morgan fingerprint density at radius 1 is 1.20 bits per heavy atom. The first-order chi connectivity index (χ1) is 11.9. The topological polar surface area (TPSA) is 49.9 Å². The molecule has 0 N–H and O–H groups in total. The van der Waals surface area contributed by atoms with Crippen LogP contribution in [0.25, 0.3) is 0 Å². The Hall–Kier alpha value is -1.59. The Morgan fingerprint density at radius 3 is 2.60 bits per heavy atom. The van der Waals surface area contributed by atoms with Gasteiger partial charge >= 0.3 is 0 Å². The molecular weight excluding hydrogens is 340 g/mol. The highest BCUT2D eigenvalue weighted by atomic mass is 35.5. The maximum Gasteiger partial charge on any atom is 0.256 e. The fraction of sp³-hybridized carbons (Fsp3) is 0.579. The lowest BCUT2D eigenvalue weighted by Crippen LogP contribution is -2.61. The van der Waals surface area contributed by atoms with Gasteiger partial charge in [0, 0.05) is 29.7 Å². The Labute approximate surface area is 153 Å². The van der Waals surface area contributed by atoms with Crippen LogP contribution in [0.2, 0.25) is 5.02 Å². The molecule has 136 valence electrons. The second-order valence-electron chi connectivity index (χ2n) is 7.13. The van der Waals surface area contributed by atoms with Gasteiger partial charge in [-0.15, -0.1) is 0 Å². The van der Waals surface area contributed by atoms with Gasteiger partial charge in [-0.2, -0.15) is 0 Å². The van der Waals surface area contributed by atoms with Gasteiger partial charge in [0.05, 0.1) is 13.2 Å². The van der Waals surface area contributed by atoms with Gasteiger partial charge in [0.25, 0.3) is 11.8 Å². The molecule has 1 atom stereocenters. The average Bonchev–Trinajstić information content (AvgIpc) is 2.75. The third-order valence-electron chi connectivity index (χ3n) is 5.07. The van der Waals surface area contributed by atoms with Gasteiger partial charge in [0.1, 0.15) is 0 Å². The smallest absolute Gasteiger partial charge is 0.256 e. The van der Waals surface area contributed by atoms with Gasteiger partial charge in [-0.25, -0.2) is 0 Å². The van der Waals surface area contributed by atoms with E-state index in [9.17, 15) is 9.59 Å². The van der Waals surface area contributed by atoms with Gasteiger partial charge in [0.15, 0.2) is 5.60 Å². The largest absolute Gasteiger partial charge is 0.361 e. The maximum atomic E-state index is 13.2. The highest BCUT2D eigenvalue weighted by Crippen LogP contribution is 2.31. The Bertz CT molecular complexity index is 647. The van der Waals surface area contributed by atoms with Crippen molar-refractivity contribution in [2.45, 2.75) is 44.8 Å². The van der Waals surface area contributed by atoms with Crippen molar-refractivity contribution in [3.8, 4) is 0 Å². The molecule has 25 heavy (non-hydrogen) atoms. The van der Waals surface area contributed by atoms with E-state index in [-0.39, 0.29) is 17.9 Å². The van der Waals surface area contributed by atoms with Crippen molar-refractivity contribution in [2.24, 2.45) is 0 Å². The summed E-state index contributed by atoms with van der Waals surface area (Å²) >= 11 is 5.91. The van der Waals surface area contributed by atoms with Crippen molar-refractivity contribution in [3.05, 3.63) is 34.9 Å². The Balaban J connectivity index is 1.82. The number of ether oxygens (including phenoxy) is 1. The van der Waals surface area contributed by atoms with E-state index < -0.39 is 5.60 Å². The van der Waals surface area contributed by atoms with Crippen molar-refractivity contribution in [1.29, 1.82) is 0 Å². The number of carbonyl (C=O) groups excluding carboxylic acids is 2. The van der Waals surface area contributed by atoms with E-state index >= 15 is 0 Å². The van der Waals surface area contributed by atoms with Crippen LogP contribution in [0, 0.1) is 0 Å². The highest BCUT2D eigenvalue weighted by Gasteiger charge is 2.48. The zero-order valence-corrected chi connectivity index (χ0v) is 15.6. The molecule has 0 aromatic heterocycles. The summed E-state index contributed by atoms with van der Waals surface area (Å²) in [5.74, 6) is -0.0545. The summed E-state index contributed by atoms with van der Waals surface area (Å²) in [4.78, 5) is 29.6. The van der Waals surface area contributed by atoms with Gasteiger partial charge in [-0.05, 0) is 57.4 Å². The Morgan fingerprint density at radius 2 is 1.92 bits per heavy atom. The molecule has 0 radical (unpaired) electrons. The molecule has 2 saturated heterocycles. The number of rotatable bonds is 2. The summed E-state index contributed by atoms with van der Waals surface area (Å²) in [6.07, 6.45) is 2.57. The first-order valence-corrected chi connectivity index (χ1v) is 9.31. The number of halogens is 1. The van der Waals surface area contributed by atoms with E-state index in [0.717, 1.165) is 19.4 Å². The van der Waals surface area contributed by atoms with Crippen LogP contribution in [0.1, 0.15) is 43.5 Å². The fourth-order valence-corrected chi connectivity index (χ4v) is 3.79. The summed E-state index contributed by atoms with van der Waals surface area (Å²) in [6.45, 7) is 6.01. The first-order valence-electron chi connectivity index (χ1n) is 8.93. The van der Waals surface area contributed by atoms with E-state index in [1.165, 1.54) is 0 Å². The number of hydrogen-bond acceptors (Lipinski definition) is 3. The number of carbonyl (C=O) groups is 2. The number of benzene rings is 1. The van der Waals surface area contributed by atoms with Crippen LogP contribution in [0.15, 0.2) is 24.3 Å². The summed E-state index contributed by atoms with van der Waals surface area (Å²) < 4.78 is 6.01. The van der Waals surface area contributed by atoms with E-state index in [1.807, 2.05) is 18.7 Å². The quantitative estimate of drug-likeness (QED) is 0.810. The van der Waals surface area contributed by atoms with Crippen LogP contribution in [-0.2, 0) is 9.53 Å². The van der Waals surface area contributed by atoms with Crippen LogP contribution in [-0.4, -0.2) is 59.5 Å². The van der Waals surface area contributed by atoms with E-state index in [1.54, 1.807) is 29.2 Å². The van der Waals surface area contributed by atoms with Crippen LogP contribution in [0.4, 0.5) is 0 Å². The molecule has 0 aliphatic carbocycles. The Kier molecular flexibility index (Phi) is 5.35. The second-order valence-corrected chi connectivity index (χ2v) is 7.56. The zero-order valence-electron chi connectivity index (χ0n) is 14.8. The predicted molar refractivity (Wildman–Crippen MR) is 96.7 cm³/mol. The van der Waals surface area contributed by atoms with Gasteiger partial charge < -0.3 is 14.5 Å². The minimum Gasteiger partial charge on any atom is -0.361 e. The molecule has 2 amide bonds. The van der Waals surface area contributed by atoms with Gasteiger partial charge in [-0.1, -0.05) is 11.6 Å². The van der Waals surface area contributed by atoms with Crippen LogP contribution < -0.4 is 0 Å². The SMILES string of the molecule is CC(C)N1CCCCC2(CN(C(=O)c3ccc(Cl)cc3)CCO2)C1=O. The van der Waals surface area contributed by atoms with Gasteiger partial charge in [-0.3, -0.25) is 9.59 Å². The molecule has 1 aromatic carbocycles. The van der Waals surface area contributed by atoms with E-state index in [4.69, 9.17) is 16.3 Å². The molecule has 2 heterocycles. The second kappa shape index (κ2) is 7.34. The molecule has 2 fully saturated rings.